The van der Waals surface area contributed by atoms with Crippen molar-refractivity contribution in [1.29, 1.82) is 0 Å². The molecule has 0 heterocycles. The van der Waals surface area contributed by atoms with Crippen molar-refractivity contribution in [3.63, 3.8) is 0 Å². The molecule has 2 aliphatic carbocycles. The number of para-hydroxylation sites is 2. The van der Waals surface area contributed by atoms with Crippen LogP contribution < -0.4 is 9.80 Å². The van der Waals surface area contributed by atoms with Crippen LogP contribution in [0.15, 0.2) is 181 Å². The molecular weight excluding hydrogens is 556 g/mol. The summed E-state index contributed by atoms with van der Waals surface area (Å²) in [6.07, 6.45) is 15.9. The van der Waals surface area contributed by atoms with E-state index in [4.69, 9.17) is 0 Å². The summed E-state index contributed by atoms with van der Waals surface area (Å²) < 4.78 is 0. The fourth-order valence-electron chi connectivity index (χ4n) is 6.41. The van der Waals surface area contributed by atoms with Crippen LogP contribution in [0.5, 0.6) is 0 Å². The van der Waals surface area contributed by atoms with Crippen molar-refractivity contribution in [3.8, 4) is 22.3 Å². The molecule has 0 fully saturated rings. The maximum absolute atomic E-state index is 2.44. The Kier molecular flexibility index (Phi) is 8.52. The van der Waals surface area contributed by atoms with Gasteiger partial charge in [0.05, 0.1) is 6.04 Å². The maximum atomic E-state index is 2.44. The minimum absolute atomic E-state index is 0.293. The van der Waals surface area contributed by atoms with Gasteiger partial charge in [-0.05, 0) is 103 Å². The standard InChI is InChI=1S/C44H40N2/c1-33-13-25-41(26-14-33)45(39-9-5-3-6-10-39)43-29-21-37(22-30-43)35-17-19-36(20-18-35)38-23-31-44(32-24-38)46(40-11-7-4-8-12-40)42-27-15-34(2)16-28-42/h3-15,17-25,27-32,34,41H,16,26H2,1-2H3. The van der Waals surface area contributed by atoms with E-state index in [-0.39, 0.29) is 0 Å². The summed E-state index contributed by atoms with van der Waals surface area (Å²) in [5.74, 6) is 0.578. The largest absolute Gasteiger partial charge is 0.334 e. The van der Waals surface area contributed by atoms with Gasteiger partial charge in [0.25, 0.3) is 0 Å². The van der Waals surface area contributed by atoms with Gasteiger partial charge in [-0.2, -0.15) is 0 Å². The third-order valence-electron chi connectivity index (χ3n) is 9.02. The number of benzene rings is 5. The highest BCUT2D eigenvalue weighted by molar-refractivity contribution is 5.76. The summed E-state index contributed by atoms with van der Waals surface area (Å²) in [5, 5.41) is 0. The molecule has 226 valence electrons. The van der Waals surface area contributed by atoms with Gasteiger partial charge in [0.15, 0.2) is 0 Å². The van der Waals surface area contributed by atoms with Crippen molar-refractivity contribution < 1.29 is 0 Å². The van der Waals surface area contributed by atoms with E-state index in [9.17, 15) is 0 Å². The van der Waals surface area contributed by atoms with E-state index in [1.165, 1.54) is 50.6 Å². The molecule has 5 aromatic rings. The predicted molar refractivity (Wildman–Crippen MR) is 197 cm³/mol. The first kappa shape index (κ1) is 29.4. The zero-order valence-electron chi connectivity index (χ0n) is 26.6. The third-order valence-corrected chi connectivity index (χ3v) is 9.02. The van der Waals surface area contributed by atoms with Crippen molar-refractivity contribution in [2.75, 3.05) is 9.80 Å². The van der Waals surface area contributed by atoms with E-state index in [1.54, 1.807) is 0 Å². The van der Waals surface area contributed by atoms with E-state index >= 15 is 0 Å². The van der Waals surface area contributed by atoms with Crippen molar-refractivity contribution in [1.82, 2.24) is 0 Å². The van der Waals surface area contributed by atoms with Crippen LogP contribution >= 0.6 is 0 Å². The Hall–Kier alpha value is -5.34. The summed E-state index contributed by atoms with van der Waals surface area (Å²) in [5.41, 5.74) is 12.2. The van der Waals surface area contributed by atoms with E-state index in [1.807, 2.05) is 0 Å². The van der Waals surface area contributed by atoms with Crippen LogP contribution in [0.25, 0.3) is 22.3 Å². The summed E-state index contributed by atoms with van der Waals surface area (Å²) in [7, 11) is 0. The number of allylic oxidation sites excluding steroid dienone is 5. The normalized spacial score (nSPS) is 17.3. The topological polar surface area (TPSA) is 6.48 Å². The lowest BCUT2D eigenvalue weighted by Crippen LogP contribution is -2.30. The van der Waals surface area contributed by atoms with Crippen molar-refractivity contribution in [2.24, 2.45) is 5.92 Å². The Morgan fingerprint density at radius 1 is 0.478 bits per heavy atom. The summed E-state index contributed by atoms with van der Waals surface area (Å²) in [4.78, 5) is 4.79. The fourth-order valence-corrected chi connectivity index (χ4v) is 6.41. The zero-order chi connectivity index (χ0) is 31.3. The minimum Gasteiger partial charge on any atom is -0.334 e. The van der Waals surface area contributed by atoms with Gasteiger partial charge >= 0.3 is 0 Å². The Labute approximate surface area is 274 Å². The van der Waals surface area contributed by atoms with E-state index in [2.05, 4.69) is 194 Å². The first-order valence-electron chi connectivity index (χ1n) is 16.4. The number of hydrogen-bond acceptors (Lipinski definition) is 2. The van der Waals surface area contributed by atoms with Gasteiger partial charge in [0, 0.05) is 28.4 Å². The zero-order valence-corrected chi connectivity index (χ0v) is 26.6. The lowest BCUT2D eigenvalue weighted by Gasteiger charge is -2.33. The van der Waals surface area contributed by atoms with Crippen LogP contribution in [0, 0.1) is 5.92 Å². The molecule has 2 nitrogen and oxygen atoms in total. The lowest BCUT2D eigenvalue weighted by atomic mass is 9.98. The predicted octanol–water partition coefficient (Wildman–Crippen LogP) is 12.1. The Bertz CT molecular complexity index is 1880. The molecule has 0 saturated heterocycles. The second-order valence-corrected chi connectivity index (χ2v) is 12.4. The van der Waals surface area contributed by atoms with E-state index in [0.717, 1.165) is 18.5 Å². The SMILES string of the molecule is CC1=CCC(N(c2ccccc2)c2ccc(-c3ccc(-c4ccc(N(C5=CCC(C)C=C5)c5ccccc5)cc4)cc3)cc2)C=C1. The van der Waals surface area contributed by atoms with Gasteiger partial charge in [-0.3, -0.25) is 0 Å². The molecule has 2 aliphatic rings. The van der Waals surface area contributed by atoms with Crippen LogP contribution in [0.3, 0.4) is 0 Å². The third kappa shape index (κ3) is 6.39. The highest BCUT2D eigenvalue weighted by Crippen LogP contribution is 2.36. The van der Waals surface area contributed by atoms with Crippen molar-refractivity contribution >= 4 is 22.7 Å². The van der Waals surface area contributed by atoms with E-state index < -0.39 is 0 Å². The molecule has 7 rings (SSSR count). The molecule has 0 bridgehead atoms. The molecule has 2 atom stereocenters. The Balaban J connectivity index is 1.10. The molecule has 2 unspecified atom stereocenters. The molecule has 0 aromatic heterocycles. The van der Waals surface area contributed by atoms with Crippen LogP contribution in [0.4, 0.5) is 22.7 Å². The monoisotopic (exact) mass is 596 g/mol. The molecule has 2 heteroatoms. The maximum Gasteiger partial charge on any atom is 0.0560 e. The summed E-state index contributed by atoms with van der Waals surface area (Å²) in [6.45, 7) is 4.43. The van der Waals surface area contributed by atoms with Crippen molar-refractivity contribution in [2.45, 2.75) is 32.7 Å². The number of nitrogens with zero attached hydrogens (tertiary/aromatic N) is 2. The quantitative estimate of drug-likeness (QED) is 0.176. The molecular formula is C44H40N2. The first-order valence-corrected chi connectivity index (χ1v) is 16.4. The summed E-state index contributed by atoms with van der Waals surface area (Å²) in [6, 6.07) is 48.5. The molecule has 0 aliphatic heterocycles. The van der Waals surface area contributed by atoms with Gasteiger partial charge in [-0.1, -0.05) is 128 Å². The molecule has 0 N–H and O–H groups in total. The molecule has 0 amide bonds. The number of rotatable bonds is 8. The van der Waals surface area contributed by atoms with Gasteiger partial charge in [-0.25, -0.2) is 0 Å². The van der Waals surface area contributed by atoms with Gasteiger partial charge < -0.3 is 9.80 Å². The fraction of sp³-hybridized carbons (Fsp3) is 0.136. The van der Waals surface area contributed by atoms with Crippen LogP contribution in [-0.4, -0.2) is 6.04 Å². The highest BCUT2D eigenvalue weighted by Gasteiger charge is 2.20. The minimum atomic E-state index is 0.293. The molecule has 0 saturated carbocycles. The van der Waals surface area contributed by atoms with Gasteiger partial charge in [0.1, 0.15) is 0 Å². The molecule has 0 radical (unpaired) electrons. The number of anilines is 4. The lowest BCUT2D eigenvalue weighted by molar-refractivity contribution is 0.728. The first-order chi connectivity index (χ1) is 22.6. The summed E-state index contributed by atoms with van der Waals surface area (Å²) >= 11 is 0. The van der Waals surface area contributed by atoms with Crippen LogP contribution in [-0.2, 0) is 0 Å². The Morgan fingerprint density at radius 3 is 1.46 bits per heavy atom. The van der Waals surface area contributed by atoms with Gasteiger partial charge in [0.2, 0.25) is 0 Å². The second-order valence-electron chi connectivity index (χ2n) is 12.4. The highest BCUT2D eigenvalue weighted by atomic mass is 15.2. The van der Waals surface area contributed by atoms with E-state index in [0.29, 0.717) is 12.0 Å². The average molecular weight is 597 g/mol. The molecule has 5 aromatic carbocycles. The van der Waals surface area contributed by atoms with Gasteiger partial charge in [-0.15, -0.1) is 0 Å². The smallest absolute Gasteiger partial charge is 0.0560 e. The average Bonchev–Trinajstić information content (AvgIpc) is 3.12. The Morgan fingerprint density at radius 2 is 0.957 bits per heavy atom. The number of hydrogen-bond donors (Lipinski definition) is 0. The van der Waals surface area contributed by atoms with Crippen LogP contribution in [0.1, 0.15) is 26.7 Å². The van der Waals surface area contributed by atoms with Crippen molar-refractivity contribution in [3.05, 3.63) is 181 Å². The second kappa shape index (κ2) is 13.3. The molecule has 0 spiro atoms. The van der Waals surface area contributed by atoms with Crippen LogP contribution in [0.2, 0.25) is 0 Å². The molecule has 46 heavy (non-hydrogen) atoms.